The maximum Gasteiger partial charge on any atom is 0.259 e. The molecular formula is C19H18ClN3O. The first kappa shape index (κ1) is 16.3. The predicted octanol–water partition coefficient (Wildman–Crippen LogP) is 4.45. The van der Waals surface area contributed by atoms with Crippen molar-refractivity contribution in [2.75, 3.05) is 5.32 Å². The first-order valence-electron chi connectivity index (χ1n) is 7.68. The molecule has 1 N–H and O–H groups in total. The van der Waals surface area contributed by atoms with Crippen molar-refractivity contribution in [3.8, 4) is 0 Å². The molecular weight excluding hydrogens is 322 g/mol. The lowest BCUT2D eigenvalue weighted by atomic mass is 10.2. The van der Waals surface area contributed by atoms with Crippen molar-refractivity contribution in [2.45, 2.75) is 20.4 Å². The largest absolute Gasteiger partial charge is 0.322 e. The van der Waals surface area contributed by atoms with Crippen molar-refractivity contribution in [2.24, 2.45) is 0 Å². The van der Waals surface area contributed by atoms with Gasteiger partial charge >= 0.3 is 0 Å². The normalized spacial score (nSPS) is 10.6. The highest BCUT2D eigenvalue weighted by molar-refractivity contribution is 6.30. The molecule has 0 saturated carbocycles. The molecule has 2 aromatic carbocycles. The molecule has 0 spiro atoms. The minimum atomic E-state index is -0.154. The summed E-state index contributed by atoms with van der Waals surface area (Å²) in [5.74, 6) is -0.154. The van der Waals surface area contributed by atoms with E-state index in [4.69, 9.17) is 11.6 Å². The Morgan fingerprint density at radius 2 is 1.96 bits per heavy atom. The minimum absolute atomic E-state index is 0.154. The summed E-state index contributed by atoms with van der Waals surface area (Å²) in [5, 5.41) is 8.06. The molecule has 4 nitrogen and oxygen atoms in total. The standard InChI is InChI=1S/C19H18ClN3O/c1-13-6-3-4-9-18(13)21-19(24)17-12-23(22-14(17)2)11-15-7-5-8-16(20)10-15/h3-10,12H,11H2,1-2H3,(H,21,24). The van der Waals surface area contributed by atoms with Crippen LogP contribution in [0.25, 0.3) is 0 Å². The highest BCUT2D eigenvalue weighted by Crippen LogP contribution is 2.17. The maximum atomic E-state index is 12.5. The Morgan fingerprint density at radius 3 is 2.71 bits per heavy atom. The number of benzene rings is 2. The zero-order valence-corrected chi connectivity index (χ0v) is 14.3. The number of hydrogen-bond donors (Lipinski definition) is 1. The van der Waals surface area contributed by atoms with E-state index in [1.54, 1.807) is 10.9 Å². The lowest BCUT2D eigenvalue weighted by Gasteiger charge is -2.07. The quantitative estimate of drug-likeness (QED) is 0.763. The summed E-state index contributed by atoms with van der Waals surface area (Å²) in [5.41, 5.74) is 4.14. The number of nitrogens with one attached hydrogen (secondary N) is 1. The molecule has 0 bridgehead atoms. The SMILES string of the molecule is Cc1ccccc1NC(=O)c1cn(Cc2cccc(Cl)c2)nc1C. The van der Waals surface area contributed by atoms with Crippen LogP contribution in [0.1, 0.15) is 27.2 Å². The van der Waals surface area contributed by atoms with E-state index in [0.29, 0.717) is 22.8 Å². The lowest BCUT2D eigenvalue weighted by Crippen LogP contribution is -2.13. The molecule has 3 aromatic rings. The van der Waals surface area contributed by atoms with Gasteiger partial charge in [0.05, 0.1) is 17.8 Å². The number of aromatic nitrogens is 2. The van der Waals surface area contributed by atoms with Crippen molar-refractivity contribution in [3.63, 3.8) is 0 Å². The number of halogens is 1. The van der Waals surface area contributed by atoms with Gasteiger partial charge in [-0.3, -0.25) is 9.48 Å². The minimum Gasteiger partial charge on any atom is -0.322 e. The average Bonchev–Trinajstić information content (AvgIpc) is 2.90. The van der Waals surface area contributed by atoms with E-state index >= 15 is 0 Å². The fourth-order valence-electron chi connectivity index (χ4n) is 2.55. The number of para-hydroxylation sites is 1. The monoisotopic (exact) mass is 339 g/mol. The summed E-state index contributed by atoms with van der Waals surface area (Å²) in [4.78, 5) is 12.5. The molecule has 0 aliphatic carbocycles. The zero-order chi connectivity index (χ0) is 17.1. The van der Waals surface area contributed by atoms with Crippen LogP contribution in [-0.4, -0.2) is 15.7 Å². The highest BCUT2D eigenvalue weighted by Gasteiger charge is 2.14. The molecule has 0 aliphatic heterocycles. The van der Waals surface area contributed by atoms with Crippen LogP contribution in [0.5, 0.6) is 0 Å². The maximum absolute atomic E-state index is 12.5. The Bertz CT molecular complexity index is 886. The zero-order valence-electron chi connectivity index (χ0n) is 13.6. The van der Waals surface area contributed by atoms with E-state index in [1.807, 2.05) is 62.4 Å². The van der Waals surface area contributed by atoms with E-state index in [9.17, 15) is 4.79 Å². The molecule has 24 heavy (non-hydrogen) atoms. The summed E-state index contributed by atoms with van der Waals surface area (Å²) in [7, 11) is 0. The van der Waals surface area contributed by atoms with Crippen molar-refractivity contribution >= 4 is 23.2 Å². The molecule has 0 aliphatic rings. The summed E-state index contributed by atoms with van der Waals surface area (Å²) < 4.78 is 1.76. The second-order valence-electron chi connectivity index (χ2n) is 5.72. The molecule has 1 amide bonds. The number of anilines is 1. The summed E-state index contributed by atoms with van der Waals surface area (Å²) >= 11 is 6.01. The predicted molar refractivity (Wildman–Crippen MR) is 96.7 cm³/mol. The van der Waals surface area contributed by atoms with Crippen LogP contribution in [0, 0.1) is 13.8 Å². The van der Waals surface area contributed by atoms with E-state index < -0.39 is 0 Å². The third-order valence-electron chi connectivity index (χ3n) is 3.82. The number of rotatable bonds is 4. The van der Waals surface area contributed by atoms with Crippen LogP contribution in [0.15, 0.2) is 54.7 Å². The van der Waals surface area contributed by atoms with Crippen LogP contribution in [0.3, 0.4) is 0 Å². The summed E-state index contributed by atoms with van der Waals surface area (Å²) in [6.07, 6.45) is 1.77. The van der Waals surface area contributed by atoms with Crippen molar-refractivity contribution < 1.29 is 4.79 Å². The van der Waals surface area contributed by atoms with Gasteiger partial charge in [-0.15, -0.1) is 0 Å². The van der Waals surface area contributed by atoms with E-state index in [1.165, 1.54) is 0 Å². The van der Waals surface area contributed by atoms with Gasteiger partial charge in [0.25, 0.3) is 5.91 Å². The highest BCUT2D eigenvalue weighted by atomic mass is 35.5. The van der Waals surface area contributed by atoms with Crippen LogP contribution >= 0.6 is 11.6 Å². The van der Waals surface area contributed by atoms with Crippen LogP contribution in [0.2, 0.25) is 5.02 Å². The first-order valence-corrected chi connectivity index (χ1v) is 8.06. The average molecular weight is 340 g/mol. The second kappa shape index (κ2) is 6.89. The van der Waals surface area contributed by atoms with Crippen molar-refractivity contribution in [3.05, 3.63) is 82.1 Å². The Balaban J connectivity index is 1.78. The number of nitrogens with zero attached hydrogens (tertiary/aromatic N) is 2. The van der Waals surface area contributed by atoms with Gasteiger partial charge in [-0.25, -0.2) is 0 Å². The Kier molecular flexibility index (Phi) is 4.67. The van der Waals surface area contributed by atoms with Crippen molar-refractivity contribution in [1.82, 2.24) is 9.78 Å². The number of carbonyl (C=O) groups excluding carboxylic acids is 1. The van der Waals surface area contributed by atoms with Gasteiger partial charge in [0, 0.05) is 16.9 Å². The van der Waals surface area contributed by atoms with Gasteiger partial charge in [-0.05, 0) is 43.2 Å². The molecule has 0 atom stereocenters. The molecule has 0 unspecified atom stereocenters. The Labute approximate surface area is 146 Å². The molecule has 0 fully saturated rings. The van der Waals surface area contributed by atoms with Gasteiger partial charge < -0.3 is 5.32 Å². The molecule has 0 saturated heterocycles. The van der Waals surface area contributed by atoms with Crippen LogP contribution < -0.4 is 5.32 Å². The van der Waals surface area contributed by atoms with Crippen LogP contribution in [0.4, 0.5) is 5.69 Å². The number of aryl methyl sites for hydroxylation is 2. The molecule has 1 aromatic heterocycles. The fraction of sp³-hybridized carbons (Fsp3) is 0.158. The van der Waals surface area contributed by atoms with Crippen molar-refractivity contribution in [1.29, 1.82) is 0 Å². The fourth-order valence-corrected chi connectivity index (χ4v) is 2.76. The summed E-state index contributed by atoms with van der Waals surface area (Å²) in [6.45, 7) is 4.37. The van der Waals surface area contributed by atoms with E-state index in [-0.39, 0.29) is 5.91 Å². The van der Waals surface area contributed by atoms with E-state index in [2.05, 4.69) is 10.4 Å². The third kappa shape index (κ3) is 3.66. The van der Waals surface area contributed by atoms with Gasteiger partial charge in [0.15, 0.2) is 0 Å². The number of amides is 1. The summed E-state index contributed by atoms with van der Waals surface area (Å²) in [6, 6.07) is 15.3. The smallest absolute Gasteiger partial charge is 0.259 e. The number of hydrogen-bond acceptors (Lipinski definition) is 2. The van der Waals surface area contributed by atoms with Gasteiger partial charge in [0.2, 0.25) is 0 Å². The van der Waals surface area contributed by atoms with Crippen LogP contribution in [-0.2, 0) is 6.54 Å². The van der Waals surface area contributed by atoms with Gasteiger partial charge in [-0.1, -0.05) is 41.9 Å². The Hall–Kier alpha value is -2.59. The molecule has 5 heteroatoms. The molecule has 0 radical (unpaired) electrons. The number of carbonyl (C=O) groups is 1. The third-order valence-corrected chi connectivity index (χ3v) is 4.05. The first-order chi connectivity index (χ1) is 11.5. The second-order valence-corrected chi connectivity index (χ2v) is 6.16. The topological polar surface area (TPSA) is 46.9 Å². The van der Waals surface area contributed by atoms with Gasteiger partial charge in [-0.2, -0.15) is 5.10 Å². The molecule has 122 valence electrons. The van der Waals surface area contributed by atoms with Gasteiger partial charge in [0.1, 0.15) is 0 Å². The van der Waals surface area contributed by atoms with E-state index in [0.717, 1.165) is 16.8 Å². The molecule has 3 rings (SSSR count). The molecule has 1 heterocycles. The lowest BCUT2D eigenvalue weighted by molar-refractivity contribution is 0.102. The Morgan fingerprint density at radius 1 is 1.17 bits per heavy atom.